The summed E-state index contributed by atoms with van der Waals surface area (Å²) in [6.07, 6.45) is 0. The van der Waals surface area contributed by atoms with Crippen molar-refractivity contribution >= 4 is 20.9 Å². The summed E-state index contributed by atoms with van der Waals surface area (Å²) in [4.78, 5) is 10.4. The molecule has 0 saturated carbocycles. The van der Waals surface area contributed by atoms with Crippen molar-refractivity contribution in [2.75, 3.05) is 0 Å². The van der Waals surface area contributed by atoms with Gasteiger partial charge in [-0.05, 0) is 5.19 Å². The van der Waals surface area contributed by atoms with Crippen LogP contribution in [0.25, 0.3) is 0 Å². The molecule has 0 aliphatic rings. The summed E-state index contributed by atoms with van der Waals surface area (Å²) in [5.41, 5.74) is 0. The molecule has 2 nitrogen and oxygen atoms in total. The molecule has 0 bridgehead atoms. The lowest BCUT2D eigenvalue weighted by molar-refractivity contribution is -0.131. The highest BCUT2D eigenvalue weighted by molar-refractivity contribution is 6.48. The summed E-state index contributed by atoms with van der Waals surface area (Å²) in [6.45, 7) is 1.41. The number of carbonyl (C=O) groups is 1. The fourth-order valence-electron chi connectivity index (χ4n) is 0.637. The summed E-state index contributed by atoms with van der Waals surface area (Å²) >= 11 is 0. The first kappa shape index (κ1) is 8.01. The molecule has 0 amide bonds. The van der Waals surface area contributed by atoms with Crippen LogP contribution in [0.15, 0.2) is 30.3 Å². The Labute approximate surface area is 68.1 Å². The molecule has 3 heteroatoms. The van der Waals surface area contributed by atoms with Gasteiger partial charge in [0.05, 0.1) is 0 Å². The molecule has 0 atom stereocenters. The standard InChI is InChI=1S/C8H8O2Si/c1-7(9)10-11-8-5-3-2-4-6-8/h2-6H,1H3. The second-order valence-electron chi connectivity index (χ2n) is 2.06. The predicted octanol–water partition coefficient (Wildman–Crippen LogP) is 0.494. The minimum absolute atomic E-state index is 0.135. The van der Waals surface area contributed by atoms with E-state index in [1.165, 1.54) is 6.92 Å². The number of hydrogen-bond donors (Lipinski definition) is 0. The smallest absolute Gasteiger partial charge is 0.355 e. The van der Waals surface area contributed by atoms with Crippen molar-refractivity contribution in [3.63, 3.8) is 0 Å². The maximum absolute atomic E-state index is 10.4. The van der Waals surface area contributed by atoms with Gasteiger partial charge in [-0.25, -0.2) is 0 Å². The third kappa shape index (κ3) is 3.00. The monoisotopic (exact) mass is 164 g/mol. The van der Waals surface area contributed by atoms with Crippen molar-refractivity contribution in [1.29, 1.82) is 0 Å². The quantitative estimate of drug-likeness (QED) is 0.595. The van der Waals surface area contributed by atoms with E-state index in [4.69, 9.17) is 4.43 Å². The van der Waals surface area contributed by atoms with Crippen LogP contribution in [0.5, 0.6) is 0 Å². The first-order chi connectivity index (χ1) is 5.29. The van der Waals surface area contributed by atoms with E-state index in [1.54, 1.807) is 0 Å². The van der Waals surface area contributed by atoms with Gasteiger partial charge >= 0.3 is 9.76 Å². The van der Waals surface area contributed by atoms with Crippen LogP contribution in [-0.4, -0.2) is 15.7 Å². The van der Waals surface area contributed by atoms with E-state index in [2.05, 4.69) is 0 Å². The van der Waals surface area contributed by atoms with Gasteiger partial charge in [-0.15, -0.1) is 0 Å². The Balaban J connectivity index is 2.45. The van der Waals surface area contributed by atoms with Crippen molar-refractivity contribution in [2.45, 2.75) is 6.92 Å². The molecule has 0 saturated heterocycles. The summed E-state index contributed by atoms with van der Waals surface area (Å²) in [6, 6.07) is 9.64. The van der Waals surface area contributed by atoms with E-state index in [0.29, 0.717) is 0 Å². The molecule has 56 valence electrons. The first-order valence-electron chi connectivity index (χ1n) is 3.27. The van der Waals surface area contributed by atoms with E-state index in [-0.39, 0.29) is 15.7 Å². The first-order valence-corrected chi connectivity index (χ1v) is 4.18. The van der Waals surface area contributed by atoms with Crippen molar-refractivity contribution < 1.29 is 9.22 Å². The van der Waals surface area contributed by atoms with Crippen molar-refractivity contribution in [3.05, 3.63) is 30.3 Å². The average Bonchev–Trinajstić information content (AvgIpc) is 2.03. The zero-order valence-corrected chi connectivity index (χ0v) is 7.20. The summed E-state index contributed by atoms with van der Waals surface area (Å²) in [5.74, 6) is -0.229. The van der Waals surface area contributed by atoms with Gasteiger partial charge in [0, 0.05) is 6.92 Å². The van der Waals surface area contributed by atoms with Crippen LogP contribution in [0.1, 0.15) is 6.92 Å². The van der Waals surface area contributed by atoms with E-state index in [9.17, 15) is 4.79 Å². The normalized spacial score (nSPS) is 9.18. The molecule has 1 aromatic carbocycles. The van der Waals surface area contributed by atoms with Crippen LogP contribution in [0.4, 0.5) is 0 Å². The summed E-state index contributed by atoms with van der Waals surface area (Å²) in [5, 5.41) is 1.04. The SMILES string of the molecule is CC(=O)O[Si]c1ccccc1. The topological polar surface area (TPSA) is 26.3 Å². The molecule has 1 rings (SSSR count). The van der Waals surface area contributed by atoms with E-state index < -0.39 is 0 Å². The number of rotatable bonds is 2. The fourth-order valence-corrected chi connectivity index (χ4v) is 1.23. The molecule has 1 aromatic rings. The zero-order chi connectivity index (χ0) is 8.10. The Morgan fingerprint density at radius 3 is 2.55 bits per heavy atom. The summed E-state index contributed by atoms with van der Waals surface area (Å²) in [7, 11) is 0.135. The highest BCUT2D eigenvalue weighted by Gasteiger charge is 1.97. The molecule has 0 spiro atoms. The minimum atomic E-state index is -0.229. The Bertz CT molecular complexity index is 233. The molecule has 0 unspecified atom stereocenters. The largest absolute Gasteiger partial charge is 0.511 e. The molecular weight excluding hydrogens is 156 g/mol. The summed E-state index contributed by atoms with van der Waals surface area (Å²) < 4.78 is 4.82. The number of carbonyl (C=O) groups excluding carboxylic acids is 1. The molecule has 11 heavy (non-hydrogen) atoms. The Kier molecular flexibility index (Phi) is 2.86. The van der Waals surface area contributed by atoms with Crippen molar-refractivity contribution in [1.82, 2.24) is 0 Å². The molecule has 0 aliphatic heterocycles. The molecule has 0 aliphatic carbocycles. The molecule has 0 aromatic heterocycles. The van der Waals surface area contributed by atoms with Crippen LogP contribution in [0, 0.1) is 0 Å². The third-order valence-electron chi connectivity index (χ3n) is 1.09. The van der Waals surface area contributed by atoms with Gasteiger partial charge < -0.3 is 4.43 Å². The maximum atomic E-state index is 10.4. The van der Waals surface area contributed by atoms with Crippen molar-refractivity contribution in [2.24, 2.45) is 0 Å². The third-order valence-corrected chi connectivity index (χ3v) is 2.04. The maximum Gasteiger partial charge on any atom is 0.355 e. The zero-order valence-electron chi connectivity index (χ0n) is 6.20. The van der Waals surface area contributed by atoms with Gasteiger partial charge in [-0.3, -0.25) is 4.79 Å². The Morgan fingerprint density at radius 1 is 1.36 bits per heavy atom. The molecular formula is C8H8O2Si. The average molecular weight is 164 g/mol. The lowest BCUT2D eigenvalue weighted by atomic mass is 10.4. The lowest BCUT2D eigenvalue weighted by Crippen LogP contribution is -2.18. The Morgan fingerprint density at radius 2 is 2.00 bits per heavy atom. The predicted molar refractivity (Wildman–Crippen MR) is 43.6 cm³/mol. The van der Waals surface area contributed by atoms with Crippen LogP contribution >= 0.6 is 0 Å². The van der Waals surface area contributed by atoms with E-state index in [1.807, 2.05) is 30.3 Å². The minimum Gasteiger partial charge on any atom is -0.511 e. The fraction of sp³-hybridized carbons (Fsp3) is 0.125. The highest BCUT2D eigenvalue weighted by Crippen LogP contribution is 1.82. The highest BCUT2D eigenvalue weighted by atomic mass is 28.2. The number of hydrogen-bond acceptors (Lipinski definition) is 2. The lowest BCUT2D eigenvalue weighted by Gasteiger charge is -1.97. The number of benzene rings is 1. The molecule has 2 radical (unpaired) electrons. The second kappa shape index (κ2) is 3.93. The van der Waals surface area contributed by atoms with Crippen molar-refractivity contribution in [3.8, 4) is 0 Å². The van der Waals surface area contributed by atoms with Gasteiger partial charge in [0.25, 0.3) is 5.97 Å². The van der Waals surface area contributed by atoms with Crippen LogP contribution < -0.4 is 5.19 Å². The van der Waals surface area contributed by atoms with Gasteiger partial charge in [-0.2, -0.15) is 0 Å². The molecule has 0 N–H and O–H groups in total. The second-order valence-corrected chi connectivity index (χ2v) is 3.05. The van der Waals surface area contributed by atoms with Crippen LogP contribution in [-0.2, 0) is 9.22 Å². The van der Waals surface area contributed by atoms with Gasteiger partial charge in [-0.1, -0.05) is 30.3 Å². The molecule has 0 fully saturated rings. The van der Waals surface area contributed by atoms with Gasteiger partial charge in [0.15, 0.2) is 0 Å². The van der Waals surface area contributed by atoms with E-state index >= 15 is 0 Å². The van der Waals surface area contributed by atoms with Gasteiger partial charge in [0.2, 0.25) is 0 Å². The molecule has 0 heterocycles. The Hall–Kier alpha value is -1.09. The van der Waals surface area contributed by atoms with E-state index in [0.717, 1.165) is 5.19 Å². The van der Waals surface area contributed by atoms with Crippen LogP contribution in [0.3, 0.4) is 0 Å². The van der Waals surface area contributed by atoms with Crippen LogP contribution in [0.2, 0.25) is 0 Å². The van der Waals surface area contributed by atoms with Gasteiger partial charge in [0.1, 0.15) is 0 Å².